The van der Waals surface area contributed by atoms with Gasteiger partial charge in [0.25, 0.3) is 17.3 Å². The van der Waals surface area contributed by atoms with Gasteiger partial charge >= 0.3 is 0 Å². The Labute approximate surface area is 174 Å². The summed E-state index contributed by atoms with van der Waals surface area (Å²) in [4.78, 5) is 24.6. The van der Waals surface area contributed by atoms with Crippen molar-refractivity contribution in [2.45, 2.75) is 6.92 Å². The molecule has 0 amide bonds. The van der Waals surface area contributed by atoms with E-state index >= 15 is 0 Å². The highest BCUT2D eigenvalue weighted by atomic mass is 16.6. The Balaban J connectivity index is 1.61. The predicted molar refractivity (Wildman–Crippen MR) is 113 cm³/mol. The van der Waals surface area contributed by atoms with Crippen LogP contribution in [0.1, 0.15) is 16.8 Å². The third kappa shape index (κ3) is 5.83. The highest BCUT2D eigenvalue weighted by Gasteiger charge is 2.06. The number of aromatic nitrogens is 3. The van der Waals surface area contributed by atoms with E-state index in [1.807, 2.05) is 0 Å². The molecule has 0 bridgehead atoms. The first-order chi connectivity index (χ1) is 14.9. The van der Waals surface area contributed by atoms with Crippen LogP contribution in [0.2, 0.25) is 0 Å². The van der Waals surface area contributed by atoms with E-state index in [0.29, 0.717) is 22.6 Å². The van der Waals surface area contributed by atoms with Crippen molar-refractivity contribution in [2.75, 3.05) is 10.9 Å². The molecule has 1 heterocycles. The number of anilines is 2. The second-order valence-electron chi connectivity index (χ2n) is 6.01. The average Bonchev–Trinajstić information content (AvgIpc) is 2.76. The molecule has 0 saturated heterocycles. The Morgan fingerprint density at radius 1 is 0.806 bits per heavy atom. The highest BCUT2D eigenvalue weighted by Crippen LogP contribution is 2.13. The molecular formula is C18H15N9O4. The summed E-state index contributed by atoms with van der Waals surface area (Å²) in [5.41, 5.74) is 7.12. The number of nitrogens with zero attached hydrogens (tertiary/aromatic N) is 7. The van der Waals surface area contributed by atoms with Crippen LogP contribution in [0.5, 0.6) is 0 Å². The van der Waals surface area contributed by atoms with E-state index in [2.05, 4.69) is 36.2 Å². The molecular weight excluding hydrogens is 406 g/mol. The molecule has 2 aromatic carbocycles. The summed E-state index contributed by atoms with van der Waals surface area (Å²) < 4.78 is 0. The summed E-state index contributed by atoms with van der Waals surface area (Å²) in [6.45, 7) is 1.69. The number of nitro benzene ring substituents is 2. The SMILES string of the molecule is Cc1nnc(N/N=C\c2ccc([N+](=O)[O-])cc2)nc1N/N=C\c1ccc([N+](=O)[O-])cc1. The zero-order valence-corrected chi connectivity index (χ0v) is 16.0. The molecule has 0 aliphatic heterocycles. The van der Waals surface area contributed by atoms with Crippen LogP contribution in [0.25, 0.3) is 0 Å². The number of hydrogen-bond donors (Lipinski definition) is 2. The van der Waals surface area contributed by atoms with E-state index in [-0.39, 0.29) is 17.3 Å². The zero-order chi connectivity index (χ0) is 22.2. The Morgan fingerprint density at radius 3 is 1.77 bits per heavy atom. The molecule has 0 aliphatic rings. The van der Waals surface area contributed by atoms with E-state index in [4.69, 9.17) is 0 Å². The Morgan fingerprint density at radius 2 is 1.29 bits per heavy atom. The van der Waals surface area contributed by atoms with E-state index in [1.54, 1.807) is 31.2 Å². The van der Waals surface area contributed by atoms with Gasteiger partial charge in [-0.2, -0.15) is 15.2 Å². The van der Waals surface area contributed by atoms with Gasteiger partial charge in [-0.15, -0.1) is 10.2 Å². The number of non-ortho nitro benzene ring substituents is 2. The van der Waals surface area contributed by atoms with Gasteiger partial charge in [-0.3, -0.25) is 25.7 Å². The summed E-state index contributed by atoms with van der Waals surface area (Å²) in [7, 11) is 0. The van der Waals surface area contributed by atoms with Gasteiger partial charge in [0, 0.05) is 24.3 Å². The summed E-state index contributed by atoms with van der Waals surface area (Å²) in [5.74, 6) is 0.443. The first-order valence-corrected chi connectivity index (χ1v) is 8.71. The maximum atomic E-state index is 10.7. The molecule has 2 N–H and O–H groups in total. The van der Waals surface area contributed by atoms with Crippen LogP contribution in [-0.4, -0.2) is 37.5 Å². The molecule has 0 unspecified atom stereocenters. The molecule has 3 aromatic rings. The fourth-order valence-electron chi connectivity index (χ4n) is 2.23. The van der Waals surface area contributed by atoms with Gasteiger partial charge < -0.3 is 0 Å². The van der Waals surface area contributed by atoms with Gasteiger partial charge in [-0.1, -0.05) is 0 Å². The van der Waals surface area contributed by atoms with Crippen LogP contribution in [0.15, 0.2) is 58.7 Å². The van der Waals surface area contributed by atoms with Crippen molar-refractivity contribution in [1.82, 2.24) is 15.2 Å². The molecule has 0 atom stereocenters. The summed E-state index contributed by atoms with van der Waals surface area (Å²) in [6, 6.07) is 11.7. The molecule has 156 valence electrons. The third-order valence-electron chi connectivity index (χ3n) is 3.83. The number of rotatable bonds is 8. The van der Waals surface area contributed by atoms with Crippen molar-refractivity contribution in [3.8, 4) is 0 Å². The topological polar surface area (TPSA) is 174 Å². The maximum Gasteiger partial charge on any atom is 0.269 e. The van der Waals surface area contributed by atoms with Crippen LogP contribution in [0, 0.1) is 27.2 Å². The van der Waals surface area contributed by atoms with Crippen molar-refractivity contribution in [1.29, 1.82) is 0 Å². The van der Waals surface area contributed by atoms with Gasteiger partial charge in [0.2, 0.25) is 0 Å². The van der Waals surface area contributed by atoms with Gasteiger partial charge in [-0.05, 0) is 42.3 Å². The van der Waals surface area contributed by atoms with E-state index in [9.17, 15) is 20.2 Å². The normalized spacial score (nSPS) is 11.0. The van der Waals surface area contributed by atoms with Crippen LogP contribution in [0.4, 0.5) is 23.1 Å². The third-order valence-corrected chi connectivity index (χ3v) is 3.83. The minimum atomic E-state index is -0.483. The number of benzene rings is 2. The number of aryl methyl sites for hydroxylation is 1. The number of nitrogens with one attached hydrogen (secondary N) is 2. The van der Waals surface area contributed by atoms with Crippen LogP contribution in [0.3, 0.4) is 0 Å². The smallest absolute Gasteiger partial charge is 0.260 e. The molecule has 0 fully saturated rings. The Hall–Kier alpha value is -4.81. The van der Waals surface area contributed by atoms with Crippen LogP contribution in [-0.2, 0) is 0 Å². The second-order valence-corrected chi connectivity index (χ2v) is 6.01. The number of nitro groups is 2. The van der Waals surface area contributed by atoms with Crippen LogP contribution >= 0.6 is 0 Å². The van der Waals surface area contributed by atoms with Crippen molar-refractivity contribution in [2.24, 2.45) is 10.2 Å². The van der Waals surface area contributed by atoms with Crippen molar-refractivity contribution >= 4 is 35.6 Å². The van der Waals surface area contributed by atoms with Gasteiger partial charge in [0.05, 0.1) is 22.3 Å². The first kappa shape index (κ1) is 20.9. The van der Waals surface area contributed by atoms with Crippen molar-refractivity contribution < 1.29 is 9.85 Å². The fourth-order valence-corrected chi connectivity index (χ4v) is 2.23. The average molecular weight is 421 g/mol. The Kier molecular flexibility index (Phi) is 6.47. The van der Waals surface area contributed by atoms with E-state index in [0.717, 1.165) is 0 Å². The lowest BCUT2D eigenvalue weighted by atomic mass is 10.2. The minimum absolute atomic E-state index is 0.00838. The molecule has 3 rings (SSSR count). The highest BCUT2D eigenvalue weighted by molar-refractivity contribution is 5.81. The molecule has 13 nitrogen and oxygen atoms in total. The molecule has 0 radical (unpaired) electrons. The van der Waals surface area contributed by atoms with Crippen LogP contribution < -0.4 is 10.9 Å². The van der Waals surface area contributed by atoms with Crippen molar-refractivity contribution in [3.63, 3.8) is 0 Å². The van der Waals surface area contributed by atoms with Gasteiger partial charge in [0.1, 0.15) is 5.69 Å². The van der Waals surface area contributed by atoms with E-state index < -0.39 is 9.85 Å². The predicted octanol–water partition coefficient (Wildman–Crippen LogP) is 2.89. The molecule has 0 saturated carbocycles. The quantitative estimate of drug-likeness (QED) is 0.315. The summed E-state index contributed by atoms with van der Waals surface area (Å²) >= 11 is 0. The molecule has 1 aromatic heterocycles. The second kappa shape index (κ2) is 9.60. The zero-order valence-electron chi connectivity index (χ0n) is 16.0. The van der Waals surface area contributed by atoms with Crippen molar-refractivity contribution in [3.05, 3.63) is 85.6 Å². The fraction of sp³-hybridized carbons (Fsp3) is 0.0556. The summed E-state index contributed by atoms with van der Waals surface area (Å²) in [5, 5.41) is 37.2. The summed E-state index contributed by atoms with van der Waals surface area (Å²) in [6.07, 6.45) is 2.93. The molecule has 0 aliphatic carbocycles. The Bertz CT molecular complexity index is 1150. The number of hydrazone groups is 2. The standard InChI is InChI=1S/C18H15N9O4/c1-12-17(23-19-10-13-2-6-15(7-3-13)26(28)29)21-18(25-22-12)24-20-11-14-4-8-16(9-5-14)27(30)31/h2-11H,1H3,(H2,21,23,24,25)/b19-10-,20-11-. The maximum absolute atomic E-state index is 10.7. The van der Waals surface area contributed by atoms with Gasteiger partial charge in [0.15, 0.2) is 5.82 Å². The molecule has 13 heteroatoms. The van der Waals surface area contributed by atoms with E-state index in [1.165, 1.54) is 36.7 Å². The monoisotopic (exact) mass is 421 g/mol. The van der Waals surface area contributed by atoms with Gasteiger partial charge in [-0.25, -0.2) is 5.43 Å². The first-order valence-electron chi connectivity index (χ1n) is 8.71. The molecule has 0 spiro atoms. The lowest BCUT2D eigenvalue weighted by molar-refractivity contribution is -0.385. The lowest BCUT2D eigenvalue weighted by Gasteiger charge is -2.04. The minimum Gasteiger partial charge on any atom is -0.260 e. The largest absolute Gasteiger partial charge is 0.269 e. The lowest BCUT2D eigenvalue weighted by Crippen LogP contribution is -2.05. The molecule has 31 heavy (non-hydrogen) atoms. The number of hydrogen-bond acceptors (Lipinski definition) is 11.